The second-order valence-electron chi connectivity index (χ2n) is 15.0. The van der Waals surface area contributed by atoms with E-state index >= 15 is 0 Å². The van der Waals surface area contributed by atoms with Crippen molar-refractivity contribution in [2.75, 3.05) is 13.2 Å². The Morgan fingerprint density at radius 1 is 0.375 bits per heavy atom. The van der Waals surface area contributed by atoms with Crippen molar-refractivity contribution in [1.82, 2.24) is 0 Å². The van der Waals surface area contributed by atoms with Gasteiger partial charge >= 0.3 is 17.9 Å². The number of hydrogen-bond donors (Lipinski definition) is 0. The van der Waals surface area contributed by atoms with Crippen molar-refractivity contribution in [2.24, 2.45) is 0 Å². The molecular weight excluding hydrogens is 697 g/mol. The van der Waals surface area contributed by atoms with Crippen molar-refractivity contribution in [3.8, 4) is 0 Å². The quantitative estimate of drug-likeness (QED) is 0.0203. The molecule has 0 heterocycles. The average molecular weight is 781 g/mol. The maximum Gasteiger partial charge on any atom is 0.306 e. The van der Waals surface area contributed by atoms with E-state index in [1.54, 1.807) is 0 Å². The Morgan fingerprint density at radius 3 is 1.20 bits per heavy atom. The van der Waals surface area contributed by atoms with Crippen molar-refractivity contribution in [2.45, 2.75) is 213 Å². The first-order valence-corrected chi connectivity index (χ1v) is 23.0. The molecule has 0 radical (unpaired) electrons. The zero-order valence-electron chi connectivity index (χ0n) is 36.4. The van der Waals surface area contributed by atoms with Gasteiger partial charge in [-0.1, -0.05) is 177 Å². The molecule has 320 valence electrons. The molecule has 0 saturated carbocycles. The highest BCUT2D eigenvalue weighted by Crippen LogP contribution is 2.13. The van der Waals surface area contributed by atoms with Crippen LogP contribution in [0.5, 0.6) is 0 Å². The van der Waals surface area contributed by atoms with E-state index in [4.69, 9.17) is 14.2 Å². The lowest BCUT2D eigenvalue weighted by Gasteiger charge is -2.18. The number of esters is 3. The van der Waals surface area contributed by atoms with Gasteiger partial charge in [0.2, 0.25) is 0 Å². The molecule has 0 spiro atoms. The summed E-state index contributed by atoms with van der Waals surface area (Å²) >= 11 is 0. The number of hydrogen-bond acceptors (Lipinski definition) is 6. The molecule has 0 bridgehead atoms. The third-order valence-electron chi connectivity index (χ3n) is 9.51. The summed E-state index contributed by atoms with van der Waals surface area (Å²) in [7, 11) is 0. The SMILES string of the molecule is CC\C=C/C=C\C=C/C=C\CCCCCCCC(=O)OCC(COC(=O)CCCCCCC/C=C\CCCC)OC(=O)CCCCCCC/C=C\CCCCC. The Labute approximate surface area is 344 Å². The molecular formula is C50H84O6. The van der Waals surface area contributed by atoms with Crippen LogP contribution in [0.3, 0.4) is 0 Å². The predicted molar refractivity (Wildman–Crippen MR) is 238 cm³/mol. The Balaban J connectivity index is 4.45. The summed E-state index contributed by atoms with van der Waals surface area (Å²) < 4.78 is 16.7. The summed E-state index contributed by atoms with van der Waals surface area (Å²) in [5.74, 6) is -0.940. The summed E-state index contributed by atoms with van der Waals surface area (Å²) in [6, 6.07) is 0. The Hall–Kier alpha value is -3.15. The number of ether oxygens (including phenoxy) is 3. The molecule has 1 unspecified atom stereocenters. The van der Waals surface area contributed by atoms with Crippen LogP contribution in [0.25, 0.3) is 0 Å². The molecule has 0 amide bonds. The van der Waals surface area contributed by atoms with Crippen LogP contribution in [-0.2, 0) is 28.6 Å². The van der Waals surface area contributed by atoms with Gasteiger partial charge in [0.1, 0.15) is 13.2 Å². The molecule has 0 aliphatic heterocycles. The van der Waals surface area contributed by atoms with E-state index in [1.165, 1.54) is 64.2 Å². The van der Waals surface area contributed by atoms with Gasteiger partial charge in [-0.15, -0.1) is 0 Å². The standard InChI is InChI=1S/C50H84O6/c1-4-7-10-13-16-19-22-24-25-26-29-31-34-37-40-43-49(52)55-46-47(45-54-48(51)42-39-36-33-30-27-21-18-15-12-9-6-3)56-50(53)44-41-38-35-32-28-23-20-17-14-11-8-5-2/h7,10,13,15-20,22,24-25,47H,4-6,8-9,11-12,14,21,23,26-46H2,1-3H3/b10-7-,16-13-,18-15-,20-17-,22-19-,25-24-. The lowest BCUT2D eigenvalue weighted by molar-refractivity contribution is -0.167. The Kier molecular flexibility index (Phi) is 42.1. The molecule has 0 aromatic carbocycles. The van der Waals surface area contributed by atoms with Gasteiger partial charge in [0.15, 0.2) is 6.10 Å². The first kappa shape index (κ1) is 52.9. The molecule has 56 heavy (non-hydrogen) atoms. The molecule has 0 N–H and O–H groups in total. The van der Waals surface area contributed by atoms with Crippen LogP contribution in [0.1, 0.15) is 207 Å². The molecule has 0 aliphatic carbocycles. The van der Waals surface area contributed by atoms with Crippen molar-refractivity contribution in [1.29, 1.82) is 0 Å². The summed E-state index contributed by atoms with van der Waals surface area (Å²) in [4.78, 5) is 37.7. The summed E-state index contributed by atoms with van der Waals surface area (Å²) in [6.45, 7) is 6.38. The van der Waals surface area contributed by atoms with Crippen molar-refractivity contribution >= 4 is 17.9 Å². The molecule has 0 aliphatic rings. The van der Waals surface area contributed by atoms with Gasteiger partial charge in [-0.25, -0.2) is 0 Å². The maximum atomic E-state index is 12.7. The highest BCUT2D eigenvalue weighted by molar-refractivity contribution is 5.71. The van der Waals surface area contributed by atoms with E-state index in [-0.39, 0.29) is 31.1 Å². The van der Waals surface area contributed by atoms with E-state index in [9.17, 15) is 14.4 Å². The van der Waals surface area contributed by atoms with E-state index < -0.39 is 6.10 Å². The molecule has 0 saturated heterocycles. The largest absolute Gasteiger partial charge is 0.462 e. The van der Waals surface area contributed by atoms with Crippen LogP contribution in [0.2, 0.25) is 0 Å². The molecule has 0 fully saturated rings. The third kappa shape index (κ3) is 42.0. The van der Waals surface area contributed by atoms with Crippen molar-refractivity contribution in [3.63, 3.8) is 0 Å². The van der Waals surface area contributed by atoms with Crippen LogP contribution in [-0.4, -0.2) is 37.2 Å². The van der Waals surface area contributed by atoms with Crippen LogP contribution < -0.4 is 0 Å². The van der Waals surface area contributed by atoms with Gasteiger partial charge in [-0.3, -0.25) is 14.4 Å². The van der Waals surface area contributed by atoms with Gasteiger partial charge in [0, 0.05) is 19.3 Å². The van der Waals surface area contributed by atoms with Gasteiger partial charge < -0.3 is 14.2 Å². The van der Waals surface area contributed by atoms with Gasteiger partial charge in [0.05, 0.1) is 0 Å². The molecule has 6 heteroatoms. The highest BCUT2D eigenvalue weighted by atomic mass is 16.6. The van der Waals surface area contributed by atoms with Crippen LogP contribution in [0.4, 0.5) is 0 Å². The minimum absolute atomic E-state index is 0.0918. The smallest absolute Gasteiger partial charge is 0.306 e. The van der Waals surface area contributed by atoms with Gasteiger partial charge in [-0.05, 0) is 83.5 Å². The third-order valence-corrected chi connectivity index (χ3v) is 9.51. The number of rotatable bonds is 40. The lowest BCUT2D eigenvalue weighted by Crippen LogP contribution is -2.30. The van der Waals surface area contributed by atoms with Crippen molar-refractivity contribution < 1.29 is 28.6 Å². The van der Waals surface area contributed by atoms with Gasteiger partial charge in [-0.2, -0.15) is 0 Å². The Morgan fingerprint density at radius 2 is 0.732 bits per heavy atom. The van der Waals surface area contributed by atoms with Crippen LogP contribution in [0.15, 0.2) is 72.9 Å². The number of allylic oxidation sites excluding steroid dienone is 12. The maximum absolute atomic E-state index is 12.7. The fourth-order valence-electron chi connectivity index (χ4n) is 6.01. The fraction of sp³-hybridized carbons (Fsp3) is 0.700. The number of carbonyl (C=O) groups excluding carboxylic acids is 3. The first-order chi connectivity index (χ1) is 27.5. The topological polar surface area (TPSA) is 78.9 Å². The lowest BCUT2D eigenvalue weighted by atomic mass is 10.1. The summed E-state index contributed by atoms with van der Waals surface area (Å²) in [5.41, 5.74) is 0. The fourth-order valence-corrected chi connectivity index (χ4v) is 6.01. The Bertz CT molecular complexity index is 1080. The zero-order chi connectivity index (χ0) is 40.8. The van der Waals surface area contributed by atoms with E-state index in [0.717, 1.165) is 103 Å². The summed E-state index contributed by atoms with van der Waals surface area (Å²) in [5, 5.41) is 0. The second kappa shape index (κ2) is 44.6. The van der Waals surface area contributed by atoms with Gasteiger partial charge in [0.25, 0.3) is 0 Å². The summed E-state index contributed by atoms with van der Waals surface area (Å²) in [6.07, 6.45) is 54.5. The average Bonchev–Trinajstić information content (AvgIpc) is 3.19. The second-order valence-corrected chi connectivity index (χ2v) is 15.0. The molecule has 1 atom stereocenters. The minimum Gasteiger partial charge on any atom is -0.462 e. The van der Waals surface area contributed by atoms with Crippen LogP contribution in [0, 0.1) is 0 Å². The zero-order valence-corrected chi connectivity index (χ0v) is 36.4. The van der Waals surface area contributed by atoms with Crippen molar-refractivity contribution in [3.05, 3.63) is 72.9 Å². The number of carbonyl (C=O) groups is 3. The molecule has 0 rings (SSSR count). The highest BCUT2D eigenvalue weighted by Gasteiger charge is 2.19. The first-order valence-electron chi connectivity index (χ1n) is 23.0. The predicted octanol–water partition coefficient (Wildman–Crippen LogP) is 14.7. The number of unbranched alkanes of at least 4 members (excludes halogenated alkanes) is 20. The molecule has 6 nitrogen and oxygen atoms in total. The van der Waals surface area contributed by atoms with Crippen LogP contribution >= 0.6 is 0 Å². The molecule has 0 aromatic heterocycles. The normalized spacial score (nSPS) is 12.7. The van der Waals surface area contributed by atoms with E-state index in [1.807, 2.05) is 24.3 Å². The van der Waals surface area contributed by atoms with E-state index in [2.05, 4.69) is 69.4 Å². The molecule has 0 aromatic rings. The minimum atomic E-state index is -0.790. The van der Waals surface area contributed by atoms with E-state index in [0.29, 0.717) is 19.3 Å². The monoisotopic (exact) mass is 781 g/mol.